The van der Waals surface area contributed by atoms with Crippen LogP contribution >= 0.6 is 0 Å². The van der Waals surface area contributed by atoms with E-state index in [1.807, 2.05) is 0 Å². The van der Waals surface area contributed by atoms with Crippen LogP contribution in [0.1, 0.15) is 146 Å². The molecule has 2 aliphatic rings. The van der Waals surface area contributed by atoms with Crippen LogP contribution in [-0.2, 0) is 11.6 Å². The Kier molecular flexibility index (Phi) is 10.5. The van der Waals surface area contributed by atoms with Gasteiger partial charge >= 0.3 is 6.18 Å². The Labute approximate surface area is 209 Å². The van der Waals surface area contributed by atoms with Gasteiger partial charge < -0.3 is 0 Å². The second-order valence-corrected chi connectivity index (χ2v) is 11.6. The van der Waals surface area contributed by atoms with E-state index < -0.39 is 28.8 Å². The largest absolute Gasteiger partial charge is 0.422 e. The molecule has 2 aliphatic carbocycles. The van der Waals surface area contributed by atoms with E-state index in [-0.39, 0.29) is 0 Å². The van der Waals surface area contributed by atoms with Crippen LogP contribution in [0.15, 0.2) is 12.1 Å². The zero-order valence-corrected chi connectivity index (χ0v) is 21.7. The van der Waals surface area contributed by atoms with Crippen molar-refractivity contribution in [2.45, 2.75) is 147 Å². The molecule has 0 aromatic heterocycles. The Morgan fingerprint density at radius 3 is 1.69 bits per heavy atom. The molecule has 2 fully saturated rings. The van der Waals surface area contributed by atoms with E-state index in [0.717, 1.165) is 63.5 Å². The Balaban J connectivity index is 1.65. The molecule has 1 aromatic carbocycles. The number of rotatable bonds is 12. The maximum absolute atomic E-state index is 14.4. The number of alkyl halides is 3. The minimum atomic E-state index is -5.02. The molecular weight excluding hydrogens is 455 g/mol. The monoisotopic (exact) mass is 500 g/mol. The molecular formula is C30H45F5. The first kappa shape index (κ1) is 28.4. The van der Waals surface area contributed by atoms with Crippen LogP contribution in [0.5, 0.6) is 0 Å². The fourth-order valence-corrected chi connectivity index (χ4v) is 7.06. The molecule has 0 atom stereocenters. The molecule has 200 valence electrons. The normalized spacial score (nSPS) is 20.2. The van der Waals surface area contributed by atoms with E-state index in [0.29, 0.717) is 11.0 Å². The van der Waals surface area contributed by atoms with Gasteiger partial charge in [-0.15, -0.1) is 0 Å². The van der Waals surface area contributed by atoms with Crippen molar-refractivity contribution in [1.82, 2.24) is 0 Å². The maximum Gasteiger partial charge on any atom is 0.422 e. The summed E-state index contributed by atoms with van der Waals surface area (Å²) in [6.45, 7) is 2.25. The van der Waals surface area contributed by atoms with Crippen LogP contribution in [0.25, 0.3) is 0 Å². The van der Waals surface area contributed by atoms with E-state index in [4.69, 9.17) is 0 Å². The molecule has 0 nitrogen and oxygen atoms in total. The Morgan fingerprint density at radius 1 is 0.657 bits per heavy atom. The van der Waals surface area contributed by atoms with E-state index in [1.54, 1.807) is 0 Å². The molecule has 0 heterocycles. The van der Waals surface area contributed by atoms with Crippen molar-refractivity contribution in [2.24, 2.45) is 5.41 Å². The van der Waals surface area contributed by atoms with E-state index in [1.165, 1.54) is 77.0 Å². The molecule has 0 unspecified atom stereocenters. The van der Waals surface area contributed by atoms with Gasteiger partial charge in [0.2, 0.25) is 0 Å². The highest BCUT2D eigenvalue weighted by Crippen LogP contribution is 2.48. The first-order valence-electron chi connectivity index (χ1n) is 14.3. The summed E-state index contributed by atoms with van der Waals surface area (Å²) >= 11 is 0. The Bertz CT molecular complexity index is 746. The number of halogens is 5. The molecule has 0 amide bonds. The number of hydrogen-bond donors (Lipinski definition) is 0. The highest BCUT2D eigenvalue weighted by atomic mass is 19.4. The topological polar surface area (TPSA) is 0 Å². The van der Waals surface area contributed by atoms with Crippen LogP contribution < -0.4 is 0 Å². The molecule has 0 bridgehead atoms. The molecule has 35 heavy (non-hydrogen) atoms. The van der Waals surface area contributed by atoms with Gasteiger partial charge in [-0.1, -0.05) is 90.4 Å². The van der Waals surface area contributed by atoms with E-state index >= 15 is 0 Å². The molecule has 0 radical (unpaired) electrons. The zero-order chi connectivity index (χ0) is 25.4. The molecule has 1 aromatic rings. The lowest BCUT2D eigenvalue weighted by Crippen LogP contribution is -2.30. The van der Waals surface area contributed by atoms with E-state index in [9.17, 15) is 22.0 Å². The van der Waals surface area contributed by atoms with Crippen molar-refractivity contribution in [3.8, 4) is 0 Å². The fraction of sp³-hybridized carbons (Fsp3) is 0.800. The second kappa shape index (κ2) is 12.9. The van der Waals surface area contributed by atoms with Gasteiger partial charge in [0.1, 0.15) is 17.2 Å². The summed E-state index contributed by atoms with van der Waals surface area (Å²) in [5.74, 6) is -2.94. The summed E-state index contributed by atoms with van der Waals surface area (Å²) in [5, 5.41) is 0. The van der Waals surface area contributed by atoms with Crippen LogP contribution in [0.3, 0.4) is 0 Å². The molecule has 0 saturated heterocycles. The summed E-state index contributed by atoms with van der Waals surface area (Å²) in [7, 11) is 0. The smallest absolute Gasteiger partial charge is 0.206 e. The van der Waals surface area contributed by atoms with Crippen LogP contribution in [-0.4, -0.2) is 0 Å². The van der Waals surface area contributed by atoms with Crippen molar-refractivity contribution in [1.29, 1.82) is 0 Å². The van der Waals surface area contributed by atoms with Gasteiger partial charge in [0.15, 0.2) is 0 Å². The van der Waals surface area contributed by atoms with Gasteiger partial charge in [0.05, 0.1) is 0 Å². The Hall–Kier alpha value is -1.13. The highest BCUT2D eigenvalue weighted by Gasteiger charge is 2.41. The first-order valence-corrected chi connectivity index (χ1v) is 14.3. The van der Waals surface area contributed by atoms with Crippen LogP contribution in [0.4, 0.5) is 22.0 Å². The molecule has 0 N–H and O–H groups in total. The number of benzene rings is 1. The lowest BCUT2D eigenvalue weighted by Gasteiger charge is -2.40. The molecule has 2 saturated carbocycles. The Morgan fingerprint density at radius 2 is 1.14 bits per heavy atom. The maximum atomic E-state index is 14.4. The predicted molar refractivity (Wildman–Crippen MR) is 133 cm³/mol. The highest BCUT2D eigenvalue weighted by molar-refractivity contribution is 5.34. The van der Waals surface area contributed by atoms with Gasteiger partial charge in [0, 0.05) is 0 Å². The average molecular weight is 501 g/mol. The van der Waals surface area contributed by atoms with Gasteiger partial charge in [-0.25, -0.2) is 8.78 Å². The van der Waals surface area contributed by atoms with Crippen LogP contribution in [0.2, 0.25) is 0 Å². The fourth-order valence-electron chi connectivity index (χ4n) is 7.06. The van der Waals surface area contributed by atoms with Crippen molar-refractivity contribution in [2.75, 3.05) is 0 Å². The lowest BCUT2D eigenvalue weighted by atomic mass is 9.65. The average Bonchev–Trinajstić information content (AvgIpc) is 2.82. The first-order chi connectivity index (χ1) is 16.7. The van der Waals surface area contributed by atoms with E-state index in [2.05, 4.69) is 6.92 Å². The molecule has 5 heteroatoms. The molecule has 0 aliphatic heterocycles. The summed E-state index contributed by atoms with van der Waals surface area (Å²) in [4.78, 5) is 0. The van der Waals surface area contributed by atoms with Gasteiger partial charge in [-0.05, 0) is 73.5 Å². The summed E-state index contributed by atoms with van der Waals surface area (Å²) < 4.78 is 68.2. The SMILES string of the molecule is CCCCCCCC1(CCCCC2(c3cc(F)c(C(F)(F)F)c(F)c3)CCCCC2)CCCCC1. The van der Waals surface area contributed by atoms with Crippen molar-refractivity contribution in [3.63, 3.8) is 0 Å². The second-order valence-electron chi connectivity index (χ2n) is 11.6. The molecule has 0 spiro atoms. The van der Waals surface area contributed by atoms with Crippen molar-refractivity contribution in [3.05, 3.63) is 34.9 Å². The lowest BCUT2D eigenvalue weighted by molar-refractivity contribution is -0.142. The minimum Gasteiger partial charge on any atom is -0.206 e. The predicted octanol–water partition coefficient (Wildman–Crippen LogP) is 11.1. The number of hydrogen-bond acceptors (Lipinski definition) is 0. The zero-order valence-electron chi connectivity index (χ0n) is 21.7. The van der Waals surface area contributed by atoms with Gasteiger partial charge in [-0.2, -0.15) is 13.2 Å². The minimum absolute atomic E-state index is 0.399. The summed E-state index contributed by atoms with van der Waals surface area (Å²) in [6.07, 6.45) is 18.2. The van der Waals surface area contributed by atoms with Crippen molar-refractivity contribution < 1.29 is 22.0 Å². The quantitative estimate of drug-likeness (QED) is 0.198. The third-order valence-corrected chi connectivity index (χ3v) is 9.09. The third kappa shape index (κ3) is 7.68. The standard InChI is InChI=1S/C30H45F5/c1-2-3-4-5-8-15-28(16-9-6-10-17-28)18-13-14-21-29(19-11-7-12-20-29)24-22-25(31)27(26(32)23-24)30(33,34)35/h22-23H,2-21H2,1H3. The third-order valence-electron chi connectivity index (χ3n) is 9.09. The van der Waals surface area contributed by atoms with Gasteiger partial charge in [-0.3, -0.25) is 0 Å². The summed E-state index contributed by atoms with van der Waals surface area (Å²) in [6, 6.07) is 1.96. The van der Waals surface area contributed by atoms with Crippen molar-refractivity contribution >= 4 is 0 Å². The number of unbranched alkanes of at least 4 members (excludes halogenated alkanes) is 5. The summed E-state index contributed by atoms with van der Waals surface area (Å²) in [5.41, 5.74) is -1.27. The van der Waals surface area contributed by atoms with Crippen LogP contribution in [0, 0.1) is 17.0 Å². The molecule has 3 rings (SSSR count). The van der Waals surface area contributed by atoms with Gasteiger partial charge in [0.25, 0.3) is 0 Å².